The monoisotopic (exact) mass is 416 g/mol. The van der Waals surface area contributed by atoms with E-state index in [9.17, 15) is 4.79 Å². The van der Waals surface area contributed by atoms with Crippen molar-refractivity contribution >= 4 is 5.97 Å². The number of rotatable bonds is 9. The lowest BCUT2D eigenvalue weighted by atomic mass is 9.63. The van der Waals surface area contributed by atoms with Crippen LogP contribution in [0, 0.1) is 11.8 Å². The molecular weight excluding hydrogens is 376 g/mol. The average molecular weight is 417 g/mol. The zero-order valence-corrected chi connectivity index (χ0v) is 19.6. The third kappa shape index (κ3) is 5.12. The molecular formula is C26H40O4. The van der Waals surface area contributed by atoms with Gasteiger partial charge in [-0.3, -0.25) is 0 Å². The molecule has 0 N–H and O–H groups in total. The summed E-state index contributed by atoms with van der Waals surface area (Å²) in [6.07, 6.45) is 9.41. The minimum absolute atomic E-state index is 0.0446. The molecule has 0 spiro atoms. The minimum Gasteiger partial charge on any atom is -0.487 e. The molecule has 1 fully saturated rings. The number of hydrogen-bond acceptors (Lipinski definition) is 4. The van der Waals surface area contributed by atoms with Crippen LogP contribution in [0.25, 0.3) is 0 Å². The maximum atomic E-state index is 12.0. The lowest BCUT2D eigenvalue weighted by Crippen LogP contribution is -2.47. The molecule has 3 atom stereocenters. The molecule has 1 aromatic carbocycles. The number of hydrogen-bond donors (Lipinski definition) is 0. The number of fused-ring (bicyclic) bond motifs is 3. The van der Waals surface area contributed by atoms with Crippen LogP contribution in [0.5, 0.6) is 11.5 Å². The van der Waals surface area contributed by atoms with E-state index in [-0.39, 0.29) is 18.2 Å². The highest BCUT2D eigenvalue weighted by atomic mass is 16.6. The molecule has 1 aromatic rings. The second kappa shape index (κ2) is 10.1. The van der Waals surface area contributed by atoms with E-state index in [4.69, 9.17) is 14.2 Å². The van der Waals surface area contributed by atoms with Gasteiger partial charge in [0.05, 0.1) is 6.61 Å². The van der Waals surface area contributed by atoms with Gasteiger partial charge in [0, 0.05) is 11.5 Å². The first-order valence-corrected chi connectivity index (χ1v) is 12.0. The molecule has 4 heteroatoms. The molecule has 3 rings (SSSR count). The first-order valence-electron chi connectivity index (χ1n) is 12.0. The fourth-order valence-electron chi connectivity index (χ4n) is 5.39. The summed E-state index contributed by atoms with van der Waals surface area (Å²) < 4.78 is 17.8. The van der Waals surface area contributed by atoms with Gasteiger partial charge in [-0.2, -0.15) is 0 Å². The molecule has 1 aliphatic heterocycles. The predicted octanol–water partition coefficient (Wildman–Crippen LogP) is 6.44. The Morgan fingerprint density at radius 1 is 1.17 bits per heavy atom. The third-order valence-corrected chi connectivity index (χ3v) is 7.06. The number of benzene rings is 1. The van der Waals surface area contributed by atoms with E-state index in [1.807, 2.05) is 6.92 Å². The standard InChI is InChI=1S/C26H40O4/c1-6-9-10-11-19-15-22(29-17-24(27)28-8-3)25-20-13-12-18(7-2)14-21(20)26(4,5)30-23(25)16-19/h15-16,18,20-21H,6-14,17H2,1-5H3/t18?,20-,21-/m1/s1. The molecule has 1 saturated carbocycles. The highest BCUT2D eigenvalue weighted by molar-refractivity contribution is 5.71. The summed E-state index contributed by atoms with van der Waals surface area (Å²) in [5.74, 6) is 3.14. The zero-order valence-electron chi connectivity index (χ0n) is 19.6. The van der Waals surface area contributed by atoms with Crippen LogP contribution in [-0.2, 0) is 16.0 Å². The number of esters is 1. The minimum atomic E-state index is -0.314. The summed E-state index contributed by atoms with van der Waals surface area (Å²) >= 11 is 0. The molecule has 1 aliphatic carbocycles. The second-order valence-electron chi connectivity index (χ2n) is 9.56. The van der Waals surface area contributed by atoms with E-state index >= 15 is 0 Å². The summed E-state index contributed by atoms with van der Waals surface area (Å²) in [6, 6.07) is 4.38. The largest absolute Gasteiger partial charge is 0.487 e. The molecule has 0 bridgehead atoms. The highest BCUT2D eigenvalue weighted by Crippen LogP contribution is 2.56. The Hall–Kier alpha value is -1.71. The highest BCUT2D eigenvalue weighted by Gasteiger charge is 2.47. The number of carbonyl (C=O) groups excluding carboxylic acids is 1. The van der Waals surface area contributed by atoms with Gasteiger partial charge in [0.2, 0.25) is 0 Å². The lowest BCUT2D eigenvalue weighted by molar-refractivity contribution is -0.145. The van der Waals surface area contributed by atoms with Crippen molar-refractivity contribution in [1.29, 1.82) is 0 Å². The topological polar surface area (TPSA) is 44.8 Å². The summed E-state index contributed by atoms with van der Waals surface area (Å²) in [5.41, 5.74) is 2.22. The van der Waals surface area contributed by atoms with Gasteiger partial charge >= 0.3 is 5.97 Å². The van der Waals surface area contributed by atoms with Crippen molar-refractivity contribution in [3.05, 3.63) is 23.3 Å². The summed E-state index contributed by atoms with van der Waals surface area (Å²) in [6.45, 7) is 11.2. The van der Waals surface area contributed by atoms with Gasteiger partial charge < -0.3 is 14.2 Å². The van der Waals surface area contributed by atoms with Crippen molar-refractivity contribution in [2.24, 2.45) is 11.8 Å². The number of aryl methyl sites for hydroxylation is 1. The second-order valence-corrected chi connectivity index (χ2v) is 9.56. The molecule has 1 unspecified atom stereocenters. The normalized spacial score (nSPS) is 24.4. The molecule has 0 saturated heterocycles. The molecule has 2 aliphatic rings. The van der Waals surface area contributed by atoms with E-state index in [1.165, 1.54) is 43.2 Å². The fourth-order valence-corrected chi connectivity index (χ4v) is 5.39. The van der Waals surface area contributed by atoms with Crippen LogP contribution >= 0.6 is 0 Å². The summed E-state index contributed by atoms with van der Waals surface area (Å²) in [4.78, 5) is 12.0. The molecule has 1 heterocycles. The Bertz CT molecular complexity index is 724. The van der Waals surface area contributed by atoms with Gasteiger partial charge in [0.15, 0.2) is 6.61 Å². The fraction of sp³-hybridized carbons (Fsp3) is 0.731. The van der Waals surface area contributed by atoms with Crippen LogP contribution in [0.1, 0.15) is 96.6 Å². The van der Waals surface area contributed by atoms with E-state index in [0.29, 0.717) is 18.4 Å². The maximum Gasteiger partial charge on any atom is 0.344 e. The van der Waals surface area contributed by atoms with Crippen LogP contribution in [-0.4, -0.2) is 24.8 Å². The van der Waals surface area contributed by atoms with Crippen LogP contribution in [0.15, 0.2) is 12.1 Å². The molecule has 168 valence electrons. The zero-order chi connectivity index (χ0) is 21.7. The average Bonchev–Trinajstić information content (AvgIpc) is 2.71. The van der Waals surface area contributed by atoms with Crippen molar-refractivity contribution in [1.82, 2.24) is 0 Å². The molecule has 0 radical (unpaired) electrons. The van der Waals surface area contributed by atoms with Crippen LogP contribution in [0.2, 0.25) is 0 Å². The molecule has 4 nitrogen and oxygen atoms in total. The lowest BCUT2D eigenvalue weighted by Gasteiger charge is -2.49. The summed E-state index contributed by atoms with van der Waals surface area (Å²) in [7, 11) is 0. The van der Waals surface area contributed by atoms with E-state index < -0.39 is 0 Å². The van der Waals surface area contributed by atoms with Crippen molar-refractivity contribution in [2.75, 3.05) is 13.2 Å². The van der Waals surface area contributed by atoms with Crippen molar-refractivity contribution < 1.29 is 19.0 Å². The first-order chi connectivity index (χ1) is 14.4. The van der Waals surface area contributed by atoms with Gasteiger partial charge in [-0.25, -0.2) is 4.79 Å². The Morgan fingerprint density at radius 2 is 1.97 bits per heavy atom. The Kier molecular flexibility index (Phi) is 7.70. The Labute approximate surface area is 182 Å². The SMILES string of the molecule is CCCCCc1cc(OCC(=O)OCC)c2c(c1)OC(C)(C)[C@@H]1CC(CC)CC[C@@H]21. The van der Waals surface area contributed by atoms with Crippen LogP contribution in [0.4, 0.5) is 0 Å². The van der Waals surface area contributed by atoms with Gasteiger partial charge in [0.1, 0.15) is 17.1 Å². The van der Waals surface area contributed by atoms with Crippen LogP contribution in [0.3, 0.4) is 0 Å². The number of carbonyl (C=O) groups is 1. The number of ether oxygens (including phenoxy) is 3. The van der Waals surface area contributed by atoms with E-state index in [1.54, 1.807) is 0 Å². The maximum absolute atomic E-state index is 12.0. The number of unbranched alkanes of at least 4 members (excludes halogenated alkanes) is 2. The van der Waals surface area contributed by atoms with E-state index in [0.717, 1.165) is 36.7 Å². The van der Waals surface area contributed by atoms with Crippen molar-refractivity contribution in [3.63, 3.8) is 0 Å². The van der Waals surface area contributed by atoms with Crippen molar-refractivity contribution in [2.45, 2.75) is 97.5 Å². The van der Waals surface area contributed by atoms with Gasteiger partial charge in [-0.1, -0.05) is 33.1 Å². The Morgan fingerprint density at radius 3 is 2.67 bits per heavy atom. The van der Waals surface area contributed by atoms with Crippen LogP contribution < -0.4 is 9.47 Å². The molecule has 30 heavy (non-hydrogen) atoms. The molecule has 0 amide bonds. The van der Waals surface area contributed by atoms with Gasteiger partial charge in [-0.05, 0) is 82.4 Å². The van der Waals surface area contributed by atoms with E-state index in [2.05, 4.69) is 39.8 Å². The quantitative estimate of drug-likeness (QED) is 0.343. The van der Waals surface area contributed by atoms with Gasteiger partial charge in [0.25, 0.3) is 0 Å². The van der Waals surface area contributed by atoms with Crippen molar-refractivity contribution in [3.8, 4) is 11.5 Å². The summed E-state index contributed by atoms with van der Waals surface area (Å²) in [5, 5.41) is 0. The molecule has 0 aromatic heterocycles. The predicted molar refractivity (Wildman–Crippen MR) is 120 cm³/mol. The smallest absolute Gasteiger partial charge is 0.344 e. The Balaban J connectivity index is 1.94. The first kappa shape index (κ1) is 23.0. The van der Waals surface area contributed by atoms with Gasteiger partial charge in [-0.15, -0.1) is 0 Å². The third-order valence-electron chi connectivity index (χ3n) is 7.06.